The van der Waals surface area contributed by atoms with Crippen molar-refractivity contribution in [3.63, 3.8) is 0 Å². The molecule has 1 aromatic carbocycles. The van der Waals surface area contributed by atoms with Crippen molar-refractivity contribution in [2.45, 2.75) is 33.8 Å². The van der Waals surface area contributed by atoms with Crippen molar-refractivity contribution in [1.29, 1.82) is 0 Å². The number of aliphatic hydroxyl groups is 1. The summed E-state index contributed by atoms with van der Waals surface area (Å²) in [6.07, 6.45) is 2.40. The molecule has 0 radical (unpaired) electrons. The summed E-state index contributed by atoms with van der Waals surface area (Å²) in [5, 5.41) is 11.8. The minimum Gasteiger partial charge on any atom is -0.392 e. The van der Waals surface area contributed by atoms with E-state index in [-0.39, 0.29) is 12.5 Å². The van der Waals surface area contributed by atoms with Crippen molar-refractivity contribution >= 4 is 11.7 Å². The number of hydrogen-bond donors (Lipinski definition) is 2. The fraction of sp³-hybridized carbons (Fsp3) is 0.353. The van der Waals surface area contributed by atoms with Crippen LogP contribution in [0.5, 0.6) is 0 Å². The van der Waals surface area contributed by atoms with Gasteiger partial charge in [0.1, 0.15) is 0 Å². The summed E-state index contributed by atoms with van der Waals surface area (Å²) < 4.78 is 0. The number of aliphatic hydroxyl groups excluding tert-OH is 1. The molecule has 22 heavy (non-hydrogen) atoms. The molecule has 1 heterocycles. The van der Waals surface area contributed by atoms with E-state index >= 15 is 0 Å². The number of aromatic nitrogens is 2. The number of amides is 1. The molecule has 0 saturated heterocycles. The Morgan fingerprint density at radius 3 is 2.50 bits per heavy atom. The maximum Gasteiger partial charge on any atom is 0.222 e. The van der Waals surface area contributed by atoms with E-state index < -0.39 is 0 Å². The molecular formula is C17H21N3O2. The van der Waals surface area contributed by atoms with Crippen LogP contribution in [0.3, 0.4) is 0 Å². The number of nitrogens with one attached hydrogen (secondary N) is 1. The third-order valence-corrected chi connectivity index (χ3v) is 3.17. The van der Waals surface area contributed by atoms with Crippen LogP contribution in [-0.2, 0) is 17.8 Å². The number of hydrogen-bond acceptors (Lipinski definition) is 4. The average Bonchev–Trinajstić information content (AvgIpc) is 2.48. The monoisotopic (exact) mass is 299 g/mol. The van der Waals surface area contributed by atoms with E-state index in [0.29, 0.717) is 11.7 Å². The van der Waals surface area contributed by atoms with Gasteiger partial charge in [-0.2, -0.15) is 0 Å². The first-order valence-corrected chi connectivity index (χ1v) is 7.33. The fourth-order valence-corrected chi connectivity index (χ4v) is 2.15. The Bertz CT molecular complexity index is 651. The van der Waals surface area contributed by atoms with Crippen LogP contribution in [0.4, 0.5) is 5.82 Å². The normalized spacial score (nSPS) is 10.8. The standard InChI is InChI=1S/C17H21N3O2/c1-11(2)8-15-17(19-12(3)22)18-9-16(20-15)14-6-4-13(10-21)5-7-14/h4-7,9,11,21H,8,10H2,1-3H3,(H,18,19,22). The van der Waals surface area contributed by atoms with Crippen LogP contribution in [0.2, 0.25) is 0 Å². The third kappa shape index (κ3) is 4.11. The lowest BCUT2D eigenvalue weighted by Gasteiger charge is -2.12. The molecule has 0 unspecified atom stereocenters. The van der Waals surface area contributed by atoms with Crippen molar-refractivity contribution < 1.29 is 9.90 Å². The first-order valence-electron chi connectivity index (χ1n) is 7.33. The van der Waals surface area contributed by atoms with Crippen LogP contribution in [-0.4, -0.2) is 21.0 Å². The number of nitrogens with zero attached hydrogens (tertiary/aromatic N) is 2. The topological polar surface area (TPSA) is 75.1 Å². The van der Waals surface area contributed by atoms with Crippen molar-refractivity contribution in [3.8, 4) is 11.3 Å². The van der Waals surface area contributed by atoms with Gasteiger partial charge in [0.25, 0.3) is 0 Å². The van der Waals surface area contributed by atoms with Gasteiger partial charge >= 0.3 is 0 Å². The number of benzene rings is 1. The van der Waals surface area contributed by atoms with E-state index in [4.69, 9.17) is 5.11 Å². The maximum absolute atomic E-state index is 11.3. The van der Waals surface area contributed by atoms with Gasteiger partial charge in [0.15, 0.2) is 5.82 Å². The molecular weight excluding hydrogens is 278 g/mol. The summed E-state index contributed by atoms with van der Waals surface area (Å²) in [5.41, 5.74) is 3.33. The number of carbonyl (C=O) groups is 1. The molecule has 2 rings (SSSR count). The van der Waals surface area contributed by atoms with Crippen LogP contribution in [0.15, 0.2) is 30.5 Å². The minimum absolute atomic E-state index is 0.0199. The Kier molecular flexibility index (Phi) is 5.22. The van der Waals surface area contributed by atoms with Gasteiger partial charge in [0.05, 0.1) is 24.2 Å². The predicted octanol–water partition coefficient (Wildman–Crippen LogP) is 2.79. The van der Waals surface area contributed by atoms with Gasteiger partial charge in [-0.05, 0) is 17.9 Å². The highest BCUT2D eigenvalue weighted by atomic mass is 16.3. The molecule has 5 nitrogen and oxygen atoms in total. The number of anilines is 1. The Morgan fingerprint density at radius 1 is 1.27 bits per heavy atom. The SMILES string of the molecule is CC(=O)Nc1ncc(-c2ccc(CO)cc2)nc1CC(C)C. The largest absolute Gasteiger partial charge is 0.392 e. The highest BCUT2D eigenvalue weighted by Gasteiger charge is 2.12. The second-order valence-corrected chi connectivity index (χ2v) is 5.68. The van der Waals surface area contributed by atoms with Crippen LogP contribution in [0.25, 0.3) is 11.3 Å². The third-order valence-electron chi connectivity index (χ3n) is 3.17. The summed E-state index contributed by atoms with van der Waals surface area (Å²) in [6.45, 7) is 5.68. The summed E-state index contributed by atoms with van der Waals surface area (Å²) in [6, 6.07) is 7.54. The highest BCUT2D eigenvalue weighted by molar-refractivity contribution is 5.88. The van der Waals surface area contributed by atoms with Crippen molar-refractivity contribution in [1.82, 2.24) is 9.97 Å². The lowest BCUT2D eigenvalue weighted by atomic mass is 10.1. The van der Waals surface area contributed by atoms with Crippen LogP contribution in [0, 0.1) is 5.92 Å². The lowest BCUT2D eigenvalue weighted by Crippen LogP contribution is -2.13. The molecule has 0 atom stereocenters. The van der Waals surface area contributed by atoms with E-state index in [0.717, 1.165) is 28.9 Å². The molecule has 0 spiro atoms. The van der Waals surface area contributed by atoms with Gasteiger partial charge in [-0.25, -0.2) is 9.97 Å². The van der Waals surface area contributed by atoms with E-state index in [1.807, 2.05) is 24.3 Å². The molecule has 1 aromatic heterocycles. The summed E-state index contributed by atoms with van der Waals surface area (Å²) in [5.74, 6) is 0.783. The van der Waals surface area contributed by atoms with Gasteiger partial charge in [-0.15, -0.1) is 0 Å². The van der Waals surface area contributed by atoms with Crippen LogP contribution >= 0.6 is 0 Å². The zero-order valence-corrected chi connectivity index (χ0v) is 13.1. The number of carbonyl (C=O) groups excluding carboxylic acids is 1. The molecule has 5 heteroatoms. The smallest absolute Gasteiger partial charge is 0.222 e. The van der Waals surface area contributed by atoms with Gasteiger partial charge in [0.2, 0.25) is 5.91 Å². The molecule has 0 aliphatic heterocycles. The molecule has 2 aromatic rings. The summed E-state index contributed by atoms with van der Waals surface area (Å²) >= 11 is 0. The predicted molar refractivity (Wildman–Crippen MR) is 86.2 cm³/mol. The quantitative estimate of drug-likeness (QED) is 0.890. The van der Waals surface area contributed by atoms with Crippen LogP contribution < -0.4 is 5.32 Å². The highest BCUT2D eigenvalue weighted by Crippen LogP contribution is 2.22. The second kappa shape index (κ2) is 7.13. The molecule has 2 N–H and O–H groups in total. The van der Waals surface area contributed by atoms with E-state index in [1.54, 1.807) is 6.20 Å². The van der Waals surface area contributed by atoms with Gasteiger partial charge in [-0.1, -0.05) is 38.1 Å². The van der Waals surface area contributed by atoms with Crippen molar-refractivity contribution in [3.05, 3.63) is 41.7 Å². The first kappa shape index (κ1) is 16.1. The van der Waals surface area contributed by atoms with Gasteiger partial charge < -0.3 is 10.4 Å². The van der Waals surface area contributed by atoms with E-state index in [9.17, 15) is 4.79 Å². The Morgan fingerprint density at radius 2 is 1.95 bits per heavy atom. The maximum atomic E-state index is 11.3. The van der Waals surface area contributed by atoms with Gasteiger partial charge in [-0.3, -0.25) is 4.79 Å². The molecule has 0 bridgehead atoms. The van der Waals surface area contributed by atoms with E-state index in [1.165, 1.54) is 6.92 Å². The van der Waals surface area contributed by atoms with Crippen molar-refractivity contribution in [2.24, 2.45) is 5.92 Å². The molecule has 0 saturated carbocycles. The fourth-order valence-electron chi connectivity index (χ4n) is 2.15. The molecule has 116 valence electrons. The van der Waals surface area contributed by atoms with Crippen molar-refractivity contribution in [2.75, 3.05) is 5.32 Å². The second-order valence-electron chi connectivity index (χ2n) is 5.68. The summed E-state index contributed by atoms with van der Waals surface area (Å²) in [4.78, 5) is 20.3. The first-order chi connectivity index (χ1) is 10.5. The average molecular weight is 299 g/mol. The molecule has 1 amide bonds. The van der Waals surface area contributed by atoms with Gasteiger partial charge in [0, 0.05) is 12.5 Å². The van der Waals surface area contributed by atoms with Crippen LogP contribution in [0.1, 0.15) is 32.0 Å². The molecule has 0 aliphatic carbocycles. The molecule has 0 aliphatic rings. The lowest BCUT2D eigenvalue weighted by molar-refractivity contribution is -0.114. The Hall–Kier alpha value is -2.27. The number of rotatable bonds is 5. The Balaban J connectivity index is 2.37. The summed E-state index contributed by atoms with van der Waals surface area (Å²) in [7, 11) is 0. The zero-order chi connectivity index (χ0) is 16.1. The zero-order valence-electron chi connectivity index (χ0n) is 13.1. The molecule has 0 fully saturated rings. The Labute approximate surface area is 130 Å². The minimum atomic E-state index is -0.153. The van der Waals surface area contributed by atoms with E-state index in [2.05, 4.69) is 29.1 Å².